The minimum absolute atomic E-state index is 0.0792. The summed E-state index contributed by atoms with van der Waals surface area (Å²) in [6.45, 7) is 6.81. The van der Waals surface area contributed by atoms with Crippen LogP contribution in [0.3, 0.4) is 0 Å². The van der Waals surface area contributed by atoms with Gasteiger partial charge in [-0.25, -0.2) is 0 Å². The summed E-state index contributed by atoms with van der Waals surface area (Å²) >= 11 is 1.82. The van der Waals surface area contributed by atoms with Crippen molar-refractivity contribution in [3.05, 3.63) is 289 Å². The van der Waals surface area contributed by atoms with E-state index in [4.69, 9.17) is 0 Å². The first-order chi connectivity index (χ1) is 35.3. The van der Waals surface area contributed by atoms with Gasteiger partial charge in [-0.3, -0.25) is 0 Å². The lowest BCUT2D eigenvalue weighted by atomic mass is 9.67. The Morgan fingerprint density at radius 1 is 0.389 bits per heavy atom. The molecule has 0 aliphatic heterocycles. The second kappa shape index (κ2) is 17.4. The molecular weight excluding hydrogens is 889 g/mol. The average molecular weight is 941 g/mol. The average Bonchev–Trinajstić information content (AvgIpc) is 4.14. The summed E-state index contributed by atoms with van der Waals surface area (Å²) in [6, 6.07) is 96.5. The van der Waals surface area contributed by atoms with Crippen molar-refractivity contribution < 1.29 is 0 Å². The van der Waals surface area contributed by atoms with Crippen LogP contribution in [0.15, 0.2) is 261 Å². The number of para-hydroxylation sites is 1. The van der Waals surface area contributed by atoms with Crippen molar-refractivity contribution in [1.82, 2.24) is 4.57 Å². The Morgan fingerprint density at radius 2 is 0.917 bits per heavy atom. The van der Waals surface area contributed by atoms with Crippen LogP contribution in [-0.4, -0.2) is 4.57 Å². The lowest BCUT2D eigenvalue weighted by molar-refractivity contribution is 0.590. The van der Waals surface area contributed by atoms with Crippen molar-refractivity contribution in [2.75, 3.05) is 4.90 Å². The van der Waals surface area contributed by atoms with Gasteiger partial charge < -0.3 is 9.47 Å². The Kier molecular flexibility index (Phi) is 10.5. The predicted molar refractivity (Wildman–Crippen MR) is 306 cm³/mol. The summed E-state index contributed by atoms with van der Waals surface area (Å²) in [5, 5.41) is 3.66. The molecule has 0 unspecified atom stereocenters. The Balaban J connectivity index is 0.845. The lowest BCUT2D eigenvalue weighted by Crippen LogP contribution is -2.28. The van der Waals surface area contributed by atoms with Gasteiger partial charge in [-0.2, -0.15) is 0 Å². The molecule has 0 bridgehead atoms. The second-order valence-electron chi connectivity index (χ2n) is 20.1. The van der Waals surface area contributed by atoms with E-state index in [1.807, 2.05) is 11.3 Å². The molecule has 2 aromatic heterocycles. The Bertz CT molecular complexity index is 3880. The Morgan fingerprint density at radius 3 is 1.58 bits per heavy atom. The molecule has 0 fully saturated rings. The molecule has 344 valence electrons. The fourth-order valence-electron chi connectivity index (χ4n) is 11.4. The Hall–Kier alpha value is -8.50. The van der Waals surface area contributed by atoms with Gasteiger partial charge in [0.25, 0.3) is 0 Å². The van der Waals surface area contributed by atoms with Crippen LogP contribution in [0.1, 0.15) is 48.6 Å². The third kappa shape index (κ3) is 7.23. The SMILES string of the molecule is CC(C)(C)c1ccc(N(c2ccc(-c3ccc(-c4ccc5c(c4)c4ccccc4n5-c4ccc5c(c4)C(c4ccccc4)(c4ccccc4)c4ccccc4-5)cc3)cc2)c2ccc(-c3ccccc3)s2)cc1. The topological polar surface area (TPSA) is 8.17 Å². The number of thiophene rings is 1. The fraction of sp³-hybridized carbons (Fsp3) is 0.0725. The highest BCUT2D eigenvalue weighted by atomic mass is 32.1. The summed E-state index contributed by atoms with van der Waals surface area (Å²) in [7, 11) is 0. The van der Waals surface area contributed by atoms with Gasteiger partial charge in [-0.1, -0.05) is 215 Å². The molecule has 0 N–H and O–H groups in total. The zero-order valence-corrected chi connectivity index (χ0v) is 41.4. The van der Waals surface area contributed by atoms with Crippen molar-refractivity contribution in [2.45, 2.75) is 31.6 Å². The number of anilines is 3. The first-order valence-corrected chi connectivity index (χ1v) is 25.8. The molecule has 1 aliphatic carbocycles. The normalized spacial score (nSPS) is 12.8. The summed E-state index contributed by atoms with van der Waals surface area (Å²) in [5.41, 5.74) is 20.5. The van der Waals surface area contributed by atoms with Crippen LogP contribution in [0.4, 0.5) is 16.4 Å². The maximum Gasteiger partial charge on any atom is 0.101 e. The highest BCUT2D eigenvalue weighted by Crippen LogP contribution is 2.57. The predicted octanol–water partition coefficient (Wildman–Crippen LogP) is 19.0. The third-order valence-electron chi connectivity index (χ3n) is 14.9. The van der Waals surface area contributed by atoms with E-state index in [2.05, 4.69) is 291 Å². The Labute approximate surface area is 426 Å². The number of benzene rings is 10. The fourth-order valence-corrected chi connectivity index (χ4v) is 12.4. The summed E-state index contributed by atoms with van der Waals surface area (Å²) < 4.78 is 2.47. The molecule has 0 amide bonds. The molecule has 13 rings (SSSR count). The van der Waals surface area contributed by atoms with E-state index in [0.717, 1.165) is 17.1 Å². The number of rotatable bonds is 9. The van der Waals surface area contributed by atoms with Gasteiger partial charge in [0.1, 0.15) is 5.00 Å². The quantitative estimate of drug-likeness (QED) is 0.140. The van der Waals surface area contributed by atoms with Gasteiger partial charge in [0.15, 0.2) is 0 Å². The molecule has 0 saturated heterocycles. The molecule has 1 aliphatic rings. The third-order valence-corrected chi connectivity index (χ3v) is 16.0. The molecule has 0 atom stereocenters. The monoisotopic (exact) mass is 940 g/mol. The maximum absolute atomic E-state index is 2.47. The number of aromatic nitrogens is 1. The lowest BCUT2D eigenvalue weighted by Gasteiger charge is -2.34. The number of hydrogen-bond donors (Lipinski definition) is 0. The number of nitrogens with zero attached hydrogens (tertiary/aromatic N) is 2. The van der Waals surface area contributed by atoms with Gasteiger partial charge in [-0.15, -0.1) is 11.3 Å². The van der Waals surface area contributed by atoms with Crippen molar-refractivity contribution in [2.24, 2.45) is 0 Å². The van der Waals surface area contributed by atoms with E-state index < -0.39 is 5.41 Å². The van der Waals surface area contributed by atoms with Gasteiger partial charge in [0.05, 0.1) is 16.4 Å². The molecule has 72 heavy (non-hydrogen) atoms. The van der Waals surface area contributed by atoms with Crippen LogP contribution in [0, 0.1) is 0 Å². The minimum Gasteiger partial charge on any atom is -0.309 e. The highest BCUT2D eigenvalue weighted by Gasteiger charge is 2.46. The van der Waals surface area contributed by atoms with E-state index in [9.17, 15) is 0 Å². The first kappa shape index (κ1) is 43.5. The molecule has 0 radical (unpaired) electrons. The molecule has 12 aromatic rings. The van der Waals surface area contributed by atoms with Gasteiger partial charge in [-0.05, 0) is 139 Å². The zero-order valence-electron chi connectivity index (χ0n) is 40.6. The largest absolute Gasteiger partial charge is 0.309 e. The van der Waals surface area contributed by atoms with Crippen LogP contribution in [0.25, 0.3) is 71.3 Å². The molecule has 0 spiro atoms. The maximum atomic E-state index is 2.47. The minimum atomic E-state index is -0.471. The second-order valence-corrected chi connectivity index (χ2v) is 21.2. The van der Waals surface area contributed by atoms with Crippen LogP contribution in [0.5, 0.6) is 0 Å². The van der Waals surface area contributed by atoms with E-state index in [0.29, 0.717) is 0 Å². The summed E-state index contributed by atoms with van der Waals surface area (Å²) in [5.74, 6) is 0. The molecule has 2 nitrogen and oxygen atoms in total. The van der Waals surface area contributed by atoms with Gasteiger partial charge >= 0.3 is 0 Å². The zero-order chi connectivity index (χ0) is 48.4. The van der Waals surface area contributed by atoms with E-state index in [1.165, 1.54) is 98.4 Å². The summed E-state index contributed by atoms with van der Waals surface area (Å²) in [4.78, 5) is 3.64. The molecule has 0 saturated carbocycles. The van der Waals surface area contributed by atoms with E-state index in [-0.39, 0.29) is 5.41 Å². The standard InChI is InChI=1S/C69H52N2S/c1-68(2,3)52-34-38-56(39-35-52)70(67-44-43-66(72-67)50-17-7-4-8-18-50)55-36-31-48(32-37-55)47-27-29-49(30-28-47)51-33-42-65-61(45-51)60-24-14-16-26-64(60)71(65)57-40-41-59-58-23-13-15-25-62(58)69(63(59)46-57,53-19-9-5-10-20-53)54-21-11-6-12-22-54/h4-46H,1-3H3. The van der Waals surface area contributed by atoms with Crippen LogP contribution in [0.2, 0.25) is 0 Å². The highest BCUT2D eigenvalue weighted by molar-refractivity contribution is 7.19. The smallest absolute Gasteiger partial charge is 0.101 e. The van der Waals surface area contributed by atoms with E-state index in [1.54, 1.807) is 0 Å². The molecule has 3 heteroatoms. The van der Waals surface area contributed by atoms with Crippen LogP contribution < -0.4 is 4.90 Å². The summed E-state index contributed by atoms with van der Waals surface area (Å²) in [6.07, 6.45) is 0. The molecular formula is C69H52N2S. The van der Waals surface area contributed by atoms with Crippen molar-refractivity contribution >= 4 is 49.5 Å². The van der Waals surface area contributed by atoms with Crippen LogP contribution >= 0.6 is 11.3 Å². The number of fused-ring (bicyclic) bond motifs is 6. The van der Waals surface area contributed by atoms with Crippen molar-refractivity contribution in [1.29, 1.82) is 0 Å². The molecule has 2 heterocycles. The number of hydrogen-bond acceptors (Lipinski definition) is 2. The first-order valence-electron chi connectivity index (χ1n) is 25.0. The molecule has 10 aromatic carbocycles. The van der Waals surface area contributed by atoms with Crippen LogP contribution in [-0.2, 0) is 10.8 Å². The van der Waals surface area contributed by atoms with Crippen molar-refractivity contribution in [3.8, 4) is 49.5 Å². The van der Waals surface area contributed by atoms with Gasteiger partial charge in [0.2, 0.25) is 0 Å². The van der Waals surface area contributed by atoms with Gasteiger partial charge in [0, 0.05) is 32.7 Å². The van der Waals surface area contributed by atoms with E-state index >= 15 is 0 Å². The van der Waals surface area contributed by atoms with Crippen molar-refractivity contribution in [3.63, 3.8) is 0 Å².